The van der Waals surface area contributed by atoms with Gasteiger partial charge in [0.15, 0.2) is 0 Å². The molecular formula is C15H26Ar3. The molecule has 0 spiro atoms. The summed E-state index contributed by atoms with van der Waals surface area (Å²) in [7, 11) is 0. The van der Waals surface area contributed by atoms with Gasteiger partial charge in [-0.25, -0.2) is 0 Å². The first kappa shape index (κ1) is 21.8. The Labute approximate surface area is 203 Å². The predicted octanol–water partition coefficient (Wildman–Crippen LogP) is 4.64. The average molecular weight is 326 g/mol. The van der Waals surface area contributed by atoms with Crippen LogP contribution in [0.1, 0.15) is 65.2 Å². The summed E-state index contributed by atoms with van der Waals surface area (Å²) >= 11 is 0. The van der Waals surface area contributed by atoms with Crippen LogP contribution in [-0.2, 0) is 0 Å². The Kier molecular flexibility index (Phi) is 11.1. The van der Waals surface area contributed by atoms with Crippen LogP contribution in [0.15, 0.2) is 0 Å². The first-order valence-corrected chi connectivity index (χ1v) is 7.21. The van der Waals surface area contributed by atoms with Crippen LogP contribution in [-0.4, -0.2) is 0 Å². The Morgan fingerprint density at radius 2 is 0.944 bits per heavy atom. The normalized spacial score (nSPS) is 40.3. The molecule has 0 amide bonds. The van der Waals surface area contributed by atoms with Gasteiger partial charge in [0.05, 0.1) is 0 Å². The van der Waals surface area contributed by atoms with E-state index < -0.39 is 0 Å². The van der Waals surface area contributed by atoms with E-state index in [0.29, 0.717) is 5.41 Å². The van der Waals surface area contributed by atoms with Crippen LogP contribution in [0.5, 0.6) is 0 Å². The molecule has 0 bridgehead atoms. The molecule has 3 rings (SSSR count). The average Bonchev–Trinajstić information content (AvgIpc) is 2.51. The number of hydrogen-bond acceptors (Lipinski definition) is 0. The van der Waals surface area contributed by atoms with Crippen LogP contribution < -0.4 is 0 Å². The van der Waals surface area contributed by atoms with Gasteiger partial charge in [0.2, 0.25) is 0 Å². The van der Waals surface area contributed by atoms with Gasteiger partial charge in [-0.3, -0.25) is 0 Å². The van der Waals surface area contributed by atoms with E-state index in [2.05, 4.69) is 13.8 Å². The molecule has 0 radical (unpaired) electrons. The summed E-state index contributed by atoms with van der Waals surface area (Å²) in [5, 5.41) is 0. The van der Waals surface area contributed by atoms with Crippen molar-refractivity contribution in [3.05, 3.63) is 0 Å². The van der Waals surface area contributed by atoms with Crippen LogP contribution in [0.4, 0.5) is 0 Å². The molecule has 0 aromatic rings. The van der Waals surface area contributed by atoms with Crippen molar-refractivity contribution < 1.29 is 113 Å². The fourth-order valence-corrected chi connectivity index (χ4v) is 5.47. The van der Waals surface area contributed by atoms with E-state index in [0.717, 1.165) is 23.7 Å². The molecule has 0 nitrogen and oxygen atoms in total. The molecular weight excluding hydrogens is 300 g/mol. The molecule has 0 N–H and O–H groups in total. The molecule has 3 aliphatic carbocycles. The molecule has 4 unspecified atom stereocenters. The van der Waals surface area contributed by atoms with Crippen molar-refractivity contribution in [3.63, 3.8) is 0 Å². The van der Waals surface area contributed by atoms with Crippen molar-refractivity contribution in [2.45, 2.75) is 65.2 Å². The summed E-state index contributed by atoms with van der Waals surface area (Å²) in [6.45, 7) is 5.18. The van der Waals surface area contributed by atoms with Crippen molar-refractivity contribution in [2.24, 2.45) is 29.1 Å². The second-order valence-corrected chi connectivity index (χ2v) is 6.93. The van der Waals surface area contributed by atoms with Gasteiger partial charge in [-0.2, -0.15) is 0 Å². The maximum Gasteiger partial charge on any atom is 0 e. The number of hydrogen-bond donors (Lipinski definition) is 0. The van der Waals surface area contributed by atoms with Crippen LogP contribution in [0.3, 0.4) is 0 Å². The summed E-state index contributed by atoms with van der Waals surface area (Å²) in [6, 6.07) is 0. The molecule has 0 aromatic carbocycles. The molecule has 3 aliphatic rings. The van der Waals surface area contributed by atoms with E-state index in [1.807, 2.05) is 0 Å². The van der Waals surface area contributed by atoms with Gasteiger partial charge in [-0.15, -0.1) is 0 Å². The molecule has 0 saturated heterocycles. The summed E-state index contributed by atoms with van der Waals surface area (Å²) < 4.78 is 0. The minimum absolute atomic E-state index is 0. The third-order valence-corrected chi connectivity index (χ3v) is 6.10. The minimum Gasteiger partial charge on any atom is -0.0594 e. The van der Waals surface area contributed by atoms with E-state index >= 15 is 0 Å². The third-order valence-electron chi connectivity index (χ3n) is 6.10. The Morgan fingerprint density at radius 1 is 0.611 bits per heavy atom. The van der Waals surface area contributed by atoms with E-state index in [4.69, 9.17) is 0 Å². The van der Waals surface area contributed by atoms with Crippen molar-refractivity contribution in [3.8, 4) is 0 Å². The first-order valence-electron chi connectivity index (χ1n) is 7.21. The third kappa shape index (κ3) is 4.00. The molecule has 0 heterocycles. The summed E-state index contributed by atoms with van der Waals surface area (Å²) in [5.41, 5.74) is 0.677. The van der Waals surface area contributed by atoms with Gasteiger partial charge in [0, 0.05) is 113 Å². The van der Waals surface area contributed by atoms with Gasteiger partial charge >= 0.3 is 0 Å². The Morgan fingerprint density at radius 3 is 1.33 bits per heavy atom. The summed E-state index contributed by atoms with van der Waals surface area (Å²) in [6.07, 6.45) is 12.3. The fourth-order valence-electron chi connectivity index (χ4n) is 5.47. The number of rotatable bonds is 0. The van der Waals surface area contributed by atoms with E-state index in [-0.39, 0.29) is 113 Å². The van der Waals surface area contributed by atoms with Crippen molar-refractivity contribution in [1.82, 2.24) is 0 Å². The Balaban J connectivity index is 0.000000963. The minimum atomic E-state index is 0. The van der Waals surface area contributed by atoms with Crippen molar-refractivity contribution >= 4 is 0 Å². The second-order valence-electron chi connectivity index (χ2n) is 6.93. The van der Waals surface area contributed by atoms with Crippen LogP contribution in [0, 0.1) is 142 Å². The zero-order valence-electron chi connectivity index (χ0n) is 11.5. The topological polar surface area (TPSA) is 0 Å². The monoisotopic (exact) mass is 326 g/mol. The quantitative estimate of drug-likeness (QED) is 0.608. The SMILES string of the molecule is CC1(C)C2CCCCC2C2CCCCC21.[Ar].[Ar].[Ar]. The molecule has 4 atom stereocenters. The molecule has 0 aliphatic heterocycles. The van der Waals surface area contributed by atoms with Crippen LogP contribution in [0.2, 0.25) is 0 Å². The van der Waals surface area contributed by atoms with Crippen LogP contribution in [0.25, 0.3) is 0 Å². The van der Waals surface area contributed by atoms with E-state index in [1.54, 1.807) is 25.7 Å². The van der Waals surface area contributed by atoms with Crippen molar-refractivity contribution in [2.75, 3.05) is 0 Å². The van der Waals surface area contributed by atoms with Gasteiger partial charge in [0.1, 0.15) is 0 Å². The predicted molar refractivity (Wildman–Crippen MR) is 64.7 cm³/mol. The van der Waals surface area contributed by atoms with Crippen molar-refractivity contribution in [1.29, 1.82) is 0 Å². The molecule has 110 valence electrons. The molecule has 3 saturated carbocycles. The fraction of sp³-hybridized carbons (Fsp3) is 1.00. The standard InChI is InChI=1S/C15H26.3Ar/c1-15(2)13-9-5-3-7-11(13)12-8-4-6-10-14(12)15;;;/h11-14H,3-10H2,1-2H3;;;. The zero-order chi connectivity index (χ0) is 10.5. The zero-order valence-corrected chi connectivity index (χ0v) is 13.6. The molecule has 18 heavy (non-hydrogen) atoms. The van der Waals surface area contributed by atoms with Gasteiger partial charge in [-0.05, 0) is 54.8 Å². The molecule has 0 aromatic heterocycles. The molecule has 3 heteroatoms. The largest absolute Gasteiger partial charge is 0.0594 e. The second kappa shape index (κ2) is 9.17. The smallest absolute Gasteiger partial charge is 0 e. The van der Waals surface area contributed by atoms with Gasteiger partial charge in [-0.1, -0.05) is 39.5 Å². The summed E-state index contributed by atoms with van der Waals surface area (Å²) in [4.78, 5) is 0. The first-order chi connectivity index (χ1) is 7.21. The number of fused-ring (bicyclic) bond motifs is 3. The maximum atomic E-state index is 2.59. The van der Waals surface area contributed by atoms with Gasteiger partial charge in [0.25, 0.3) is 0 Å². The van der Waals surface area contributed by atoms with E-state index in [9.17, 15) is 0 Å². The Bertz CT molecular complexity index is 228. The Hall–Kier alpha value is 3.78. The van der Waals surface area contributed by atoms with E-state index in [1.165, 1.54) is 25.7 Å². The van der Waals surface area contributed by atoms with Gasteiger partial charge < -0.3 is 0 Å². The summed E-state index contributed by atoms with van der Waals surface area (Å²) in [5.74, 6) is 4.41. The van der Waals surface area contributed by atoms with Crippen LogP contribution >= 0.6 is 0 Å². The maximum absolute atomic E-state index is 2.59. The molecule has 3 fully saturated rings.